The van der Waals surface area contributed by atoms with Gasteiger partial charge < -0.3 is 15.2 Å². The van der Waals surface area contributed by atoms with Crippen LogP contribution in [0.5, 0.6) is 5.75 Å². The van der Waals surface area contributed by atoms with Gasteiger partial charge in [0.05, 0.1) is 17.5 Å². The normalized spacial score (nSPS) is 12.2. The zero-order valence-electron chi connectivity index (χ0n) is 9.16. The number of hydrogen-bond donors (Lipinski definition) is 2. The first-order valence-electron chi connectivity index (χ1n) is 4.84. The van der Waals surface area contributed by atoms with Crippen molar-refractivity contribution in [2.24, 2.45) is 0 Å². The minimum absolute atomic E-state index is 0.00933. The lowest BCUT2D eigenvalue weighted by molar-refractivity contribution is -0.118. The maximum absolute atomic E-state index is 11.5. The second-order valence-electron chi connectivity index (χ2n) is 3.46. The van der Waals surface area contributed by atoms with Gasteiger partial charge in [0.1, 0.15) is 5.75 Å². The summed E-state index contributed by atoms with van der Waals surface area (Å²) in [5.74, 6) is -0.166. The Morgan fingerprint density at radius 2 is 2.31 bits per heavy atom. The second kappa shape index (κ2) is 5.72. The van der Waals surface area contributed by atoms with Crippen LogP contribution in [-0.4, -0.2) is 24.2 Å². The third-order valence-corrected chi connectivity index (χ3v) is 2.41. The van der Waals surface area contributed by atoms with E-state index in [1.54, 1.807) is 13.2 Å². The average molecular weight is 244 g/mol. The van der Waals surface area contributed by atoms with E-state index in [4.69, 9.17) is 16.3 Å². The maximum atomic E-state index is 11.5. The molecule has 5 heteroatoms. The van der Waals surface area contributed by atoms with Crippen LogP contribution in [0.2, 0.25) is 5.02 Å². The van der Waals surface area contributed by atoms with Gasteiger partial charge >= 0.3 is 0 Å². The molecule has 0 saturated heterocycles. The molecular weight excluding hydrogens is 230 g/mol. The minimum Gasteiger partial charge on any atom is -0.506 e. The fraction of sp³-hybridized carbons (Fsp3) is 0.364. The number of rotatable bonds is 4. The number of halogens is 1. The second-order valence-corrected chi connectivity index (χ2v) is 3.87. The highest BCUT2D eigenvalue weighted by atomic mass is 35.5. The summed E-state index contributed by atoms with van der Waals surface area (Å²) >= 11 is 5.70. The maximum Gasteiger partial charge on any atom is 0.226 e. The number of aromatic hydroxyl groups is 1. The first-order valence-corrected chi connectivity index (χ1v) is 5.22. The molecule has 0 radical (unpaired) electrons. The monoisotopic (exact) mass is 243 g/mol. The van der Waals surface area contributed by atoms with E-state index >= 15 is 0 Å². The molecule has 0 aliphatic carbocycles. The number of ether oxygens (including phenoxy) is 1. The number of benzene rings is 1. The van der Waals surface area contributed by atoms with Crippen molar-refractivity contribution in [3.8, 4) is 5.75 Å². The van der Waals surface area contributed by atoms with Crippen molar-refractivity contribution in [2.45, 2.75) is 19.4 Å². The number of anilines is 1. The highest BCUT2D eigenvalue weighted by Gasteiger charge is 2.09. The number of amides is 1. The first-order chi connectivity index (χ1) is 7.52. The molecular formula is C11H14ClNO3. The number of phenols is 1. The van der Waals surface area contributed by atoms with Gasteiger partial charge in [-0.3, -0.25) is 4.79 Å². The number of carbonyl (C=O) groups excluding carboxylic acids is 1. The quantitative estimate of drug-likeness (QED) is 0.799. The van der Waals surface area contributed by atoms with Gasteiger partial charge in [0.15, 0.2) is 0 Å². The number of carbonyl (C=O) groups is 1. The Morgan fingerprint density at radius 1 is 1.62 bits per heavy atom. The molecule has 0 aromatic heterocycles. The molecule has 1 rings (SSSR count). The van der Waals surface area contributed by atoms with Crippen molar-refractivity contribution >= 4 is 23.2 Å². The molecule has 1 aromatic carbocycles. The van der Waals surface area contributed by atoms with Gasteiger partial charge in [-0.2, -0.15) is 0 Å². The first kappa shape index (κ1) is 12.8. The fourth-order valence-electron chi connectivity index (χ4n) is 1.14. The largest absolute Gasteiger partial charge is 0.506 e. The summed E-state index contributed by atoms with van der Waals surface area (Å²) in [6, 6.07) is 4.50. The Labute approximate surface area is 99.2 Å². The van der Waals surface area contributed by atoms with Crippen molar-refractivity contribution in [3.05, 3.63) is 23.2 Å². The average Bonchev–Trinajstić information content (AvgIpc) is 2.23. The van der Waals surface area contributed by atoms with Crippen LogP contribution in [0.3, 0.4) is 0 Å². The third-order valence-electron chi connectivity index (χ3n) is 2.11. The Hall–Kier alpha value is -1.26. The molecule has 16 heavy (non-hydrogen) atoms. The Bertz CT molecular complexity index is 381. The molecule has 0 unspecified atom stereocenters. The SMILES string of the molecule is CO[C@H](C)CC(=O)Nc1ccc(O)c(Cl)c1. The van der Waals surface area contributed by atoms with Crippen LogP contribution >= 0.6 is 11.6 Å². The van der Waals surface area contributed by atoms with Gasteiger partial charge in [-0.05, 0) is 25.1 Å². The predicted octanol–water partition coefficient (Wildman–Crippen LogP) is 2.41. The van der Waals surface area contributed by atoms with Gasteiger partial charge in [0.2, 0.25) is 5.91 Å². The van der Waals surface area contributed by atoms with Gasteiger partial charge in [0, 0.05) is 12.8 Å². The number of hydrogen-bond acceptors (Lipinski definition) is 3. The van der Waals surface area contributed by atoms with E-state index in [2.05, 4.69) is 5.32 Å². The molecule has 0 fully saturated rings. The molecule has 1 atom stereocenters. The zero-order chi connectivity index (χ0) is 12.1. The van der Waals surface area contributed by atoms with Crippen LogP contribution in [0, 0.1) is 0 Å². The van der Waals surface area contributed by atoms with E-state index in [0.29, 0.717) is 5.69 Å². The molecule has 2 N–H and O–H groups in total. The van der Waals surface area contributed by atoms with E-state index in [9.17, 15) is 9.90 Å². The Kier molecular flexibility index (Phi) is 4.58. The summed E-state index contributed by atoms with van der Waals surface area (Å²) in [4.78, 5) is 11.5. The van der Waals surface area contributed by atoms with E-state index in [1.807, 2.05) is 6.92 Å². The van der Waals surface area contributed by atoms with Crippen LogP contribution < -0.4 is 5.32 Å². The third kappa shape index (κ3) is 3.72. The highest BCUT2D eigenvalue weighted by Crippen LogP contribution is 2.26. The molecule has 1 aromatic rings. The molecule has 0 saturated carbocycles. The van der Waals surface area contributed by atoms with E-state index in [0.717, 1.165) is 0 Å². The summed E-state index contributed by atoms with van der Waals surface area (Å²) in [7, 11) is 1.55. The molecule has 0 bridgehead atoms. The summed E-state index contributed by atoms with van der Waals surface area (Å²) < 4.78 is 4.97. The Balaban J connectivity index is 2.59. The summed E-state index contributed by atoms with van der Waals surface area (Å²) in [6.07, 6.45) is 0.141. The summed E-state index contributed by atoms with van der Waals surface area (Å²) in [5, 5.41) is 12.1. The molecule has 88 valence electrons. The zero-order valence-corrected chi connectivity index (χ0v) is 9.91. The van der Waals surface area contributed by atoms with Crippen molar-refractivity contribution < 1.29 is 14.6 Å². The standard InChI is InChI=1S/C11H14ClNO3/c1-7(16-2)5-11(15)13-8-3-4-10(14)9(12)6-8/h3-4,6-7,14H,5H2,1-2H3,(H,13,15)/t7-/m1/s1. The highest BCUT2D eigenvalue weighted by molar-refractivity contribution is 6.32. The number of phenolic OH excluding ortho intramolecular Hbond substituents is 1. The lowest BCUT2D eigenvalue weighted by Crippen LogP contribution is -2.18. The van der Waals surface area contributed by atoms with Crippen molar-refractivity contribution in [3.63, 3.8) is 0 Å². The van der Waals surface area contributed by atoms with Gasteiger partial charge in [-0.25, -0.2) is 0 Å². The van der Waals surface area contributed by atoms with E-state index in [1.165, 1.54) is 12.1 Å². The van der Waals surface area contributed by atoms with Crippen LogP contribution in [-0.2, 0) is 9.53 Å². The van der Waals surface area contributed by atoms with E-state index < -0.39 is 0 Å². The van der Waals surface area contributed by atoms with Crippen LogP contribution in [0.4, 0.5) is 5.69 Å². The number of nitrogens with one attached hydrogen (secondary N) is 1. The molecule has 0 spiro atoms. The topological polar surface area (TPSA) is 58.6 Å². The lowest BCUT2D eigenvalue weighted by Gasteiger charge is -2.10. The molecule has 1 amide bonds. The van der Waals surface area contributed by atoms with Crippen LogP contribution in [0.15, 0.2) is 18.2 Å². The van der Waals surface area contributed by atoms with Gasteiger partial charge in [-0.15, -0.1) is 0 Å². The summed E-state index contributed by atoms with van der Waals surface area (Å²) in [6.45, 7) is 1.81. The lowest BCUT2D eigenvalue weighted by atomic mass is 10.2. The molecule has 0 aliphatic rings. The van der Waals surface area contributed by atoms with Crippen molar-refractivity contribution in [1.29, 1.82) is 0 Å². The predicted molar refractivity (Wildman–Crippen MR) is 62.8 cm³/mol. The summed E-state index contributed by atoms with van der Waals surface area (Å²) in [5.41, 5.74) is 0.552. The van der Waals surface area contributed by atoms with Crippen molar-refractivity contribution in [1.82, 2.24) is 0 Å². The van der Waals surface area contributed by atoms with Gasteiger partial charge in [0.25, 0.3) is 0 Å². The van der Waals surface area contributed by atoms with Crippen molar-refractivity contribution in [2.75, 3.05) is 12.4 Å². The Morgan fingerprint density at radius 3 is 2.88 bits per heavy atom. The molecule has 0 aliphatic heterocycles. The molecule has 4 nitrogen and oxygen atoms in total. The van der Waals surface area contributed by atoms with Crippen LogP contribution in [0.25, 0.3) is 0 Å². The fourth-order valence-corrected chi connectivity index (χ4v) is 1.32. The minimum atomic E-state index is -0.156. The van der Waals surface area contributed by atoms with Gasteiger partial charge in [-0.1, -0.05) is 11.6 Å². The number of methoxy groups -OCH3 is 1. The van der Waals surface area contributed by atoms with Crippen LogP contribution in [0.1, 0.15) is 13.3 Å². The van der Waals surface area contributed by atoms with E-state index in [-0.39, 0.29) is 29.2 Å². The molecule has 0 heterocycles. The smallest absolute Gasteiger partial charge is 0.226 e.